The van der Waals surface area contributed by atoms with Crippen LogP contribution in [0.1, 0.15) is 22.8 Å². The zero-order chi connectivity index (χ0) is 12.8. The van der Waals surface area contributed by atoms with Gasteiger partial charge in [0.25, 0.3) is 0 Å². The monoisotopic (exact) mass is 242 g/mol. The first-order valence-corrected chi connectivity index (χ1v) is 4.79. The van der Waals surface area contributed by atoms with Crippen LogP contribution in [-0.4, -0.2) is 22.6 Å². The van der Waals surface area contributed by atoms with Crippen molar-refractivity contribution in [1.29, 1.82) is 0 Å². The van der Waals surface area contributed by atoms with Crippen LogP contribution in [0.15, 0.2) is 12.1 Å². The highest BCUT2D eigenvalue weighted by molar-refractivity contribution is 5.96. The minimum absolute atomic E-state index is 0.258. The molecule has 1 N–H and O–H groups in total. The van der Waals surface area contributed by atoms with E-state index in [1.54, 1.807) is 0 Å². The lowest BCUT2D eigenvalue weighted by atomic mass is 9.89. The summed E-state index contributed by atoms with van der Waals surface area (Å²) in [6, 6.07) is 1.66. The third kappa shape index (κ3) is 1.65. The van der Waals surface area contributed by atoms with E-state index in [1.165, 1.54) is 0 Å². The second kappa shape index (κ2) is 3.51. The van der Waals surface area contributed by atoms with Gasteiger partial charge in [-0.05, 0) is 19.1 Å². The molecule has 0 amide bonds. The van der Waals surface area contributed by atoms with E-state index in [2.05, 4.69) is 4.74 Å². The topological polar surface area (TPSA) is 63.6 Å². The molecule has 4 nitrogen and oxygen atoms in total. The summed E-state index contributed by atoms with van der Waals surface area (Å²) in [7, 11) is 0. The van der Waals surface area contributed by atoms with Gasteiger partial charge in [-0.25, -0.2) is 18.4 Å². The van der Waals surface area contributed by atoms with E-state index in [4.69, 9.17) is 5.11 Å². The number of carboxylic acids is 1. The Morgan fingerprint density at radius 3 is 2.59 bits per heavy atom. The SMILES string of the molecule is CC1(C(=O)O)Cc2c(F)ccc(F)c2C(=O)O1. The van der Waals surface area contributed by atoms with E-state index in [9.17, 15) is 18.4 Å². The van der Waals surface area contributed by atoms with Crippen LogP contribution in [-0.2, 0) is 16.0 Å². The van der Waals surface area contributed by atoms with Crippen LogP contribution >= 0.6 is 0 Å². The standard InChI is InChI=1S/C11H8F2O4/c1-11(10(15)16)4-5-6(12)2-3-7(13)8(5)9(14)17-11/h2-3H,4H2,1H3,(H,15,16). The molecule has 6 heteroatoms. The summed E-state index contributed by atoms with van der Waals surface area (Å²) in [5.41, 5.74) is -2.64. The van der Waals surface area contributed by atoms with Gasteiger partial charge in [0.1, 0.15) is 17.2 Å². The fourth-order valence-corrected chi connectivity index (χ4v) is 1.74. The van der Waals surface area contributed by atoms with Crippen molar-refractivity contribution in [2.75, 3.05) is 0 Å². The molecule has 1 aromatic carbocycles. The Kier molecular flexibility index (Phi) is 2.38. The third-order valence-electron chi connectivity index (χ3n) is 2.69. The van der Waals surface area contributed by atoms with Gasteiger partial charge >= 0.3 is 11.9 Å². The number of fused-ring (bicyclic) bond motifs is 1. The van der Waals surface area contributed by atoms with Crippen molar-refractivity contribution in [3.63, 3.8) is 0 Å². The van der Waals surface area contributed by atoms with Crippen LogP contribution < -0.4 is 0 Å². The summed E-state index contributed by atoms with van der Waals surface area (Å²) in [5.74, 6) is -4.29. The zero-order valence-corrected chi connectivity index (χ0v) is 8.79. The maximum Gasteiger partial charge on any atom is 0.348 e. The number of carboxylic acid groups (broad SMARTS) is 1. The Morgan fingerprint density at radius 1 is 1.41 bits per heavy atom. The molecule has 17 heavy (non-hydrogen) atoms. The summed E-state index contributed by atoms with van der Waals surface area (Å²) < 4.78 is 31.5. The smallest absolute Gasteiger partial charge is 0.348 e. The fraction of sp³-hybridized carbons (Fsp3) is 0.273. The fourth-order valence-electron chi connectivity index (χ4n) is 1.74. The molecule has 1 atom stereocenters. The molecule has 0 aliphatic carbocycles. The minimum Gasteiger partial charge on any atom is -0.478 e. The summed E-state index contributed by atoms with van der Waals surface area (Å²) >= 11 is 0. The van der Waals surface area contributed by atoms with Crippen molar-refractivity contribution < 1.29 is 28.2 Å². The number of esters is 1. The van der Waals surface area contributed by atoms with E-state index in [1.807, 2.05) is 0 Å². The van der Waals surface area contributed by atoms with Gasteiger partial charge in [-0.3, -0.25) is 0 Å². The van der Waals surface area contributed by atoms with Gasteiger partial charge in [-0.1, -0.05) is 0 Å². The Labute approximate surface area is 94.8 Å². The highest BCUT2D eigenvalue weighted by Crippen LogP contribution is 2.31. The van der Waals surface area contributed by atoms with Crippen molar-refractivity contribution >= 4 is 11.9 Å². The number of ether oxygens (including phenoxy) is 1. The molecule has 1 aliphatic heterocycles. The average Bonchev–Trinajstić information content (AvgIpc) is 2.22. The summed E-state index contributed by atoms with van der Waals surface area (Å²) in [4.78, 5) is 22.4. The highest BCUT2D eigenvalue weighted by atomic mass is 19.1. The van der Waals surface area contributed by atoms with Crippen LogP contribution in [0.2, 0.25) is 0 Å². The molecule has 1 unspecified atom stereocenters. The molecule has 1 aliphatic rings. The number of aliphatic carboxylic acids is 1. The van der Waals surface area contributed by atoms with E-state index < -0.39 is 41.2 Å². The lowest BCUT2D eigenvalue weighted by Crippen LogP contribution is -2.46. The number of benzene rings is 1. The summed E-state index contributed by atoms with van der Waals surface area (Å²) in [6.07, 6.45) is -0.396. The number of carbonyl (C=O) groups excluding carboxylic acids is 1. The number of cyclic esters (lactones) is 1. The Hall–Kier alpha value is -1.98. The van der Waals surface area contributed by atoms with Gasteiger partial charge in [0.2, 0.25) is 5.60 Å². The first-order valence-electron chi connectivity index (χ1n) is 4.79. The van der Waals surface area contributed by atoms with Crippen LogP contribution in [0.4, 0.5) is 8.78 Å². The lowest BCUT2D eigenvalue weighted by molar-refractivity contribution is -0.158. The van der Waals surface area contributed by atoms with E-state index >= 15 is 0 Å². The minimum atomic E-state index is -1.86. The van der Waals surface area contributed by atoms with E-state index in [-0.39, 0.29) is 5.56 Å². The van der Waals surface area contributed by atoms with Gasteiger partial charge in [0, 0.05) is 12.0 Å². The second-order valence-corrected chi connectivity index (χ2v) is 3.99. The molecule has 0 saturated carbocycles. The van der Waals surface area contributed by atoms with Crippen molar-refractivity contribution in [2.45, 2.75) is 18.9 Å². The molecular weight excluding hydrogens is 234 g/mol. The summed E-state index contributed by atoms with van der Waals surface area (Å²) in [6.45, 7) is 1.14. The highest BCUT2D eigenvalue weighted by Gasteiger charge is 2.45. The van der Waals surface area contributed by atoms with Crippen molar-refractivity contribution in [2.24, 2.45) is 0 Å². The number of halogens is 2. The molecule has 90 valence electrons. The van der Waals surface area contributed by atoms with Crippen molar-refractivity contribution in [3.05, 3.63) is 34.9 Å². The number of hydrogen-bond acceptors (Lipinski definition) is 3. The molecule has 1 heterocycles. The van der Waals surface area contributed by atoms with Gasteiger partial charge in [-0.2, -0.15) is 0 Å². The summed E-state index contributed by atoms with van der Waals surface area (Å²) in [5, 5.41) is 8.91. The number of hydrogen-bond donors (Lipinski definition) is 1. The molecule has 2 rings (SSSR count). The van der Waals surface area contributed by atoms with Crippen molar-refractivity contribution in [3.8, 4) is 0 Å². The van der Waals surface area contributed by atoms with Gasteiger partial charge in [-0.15, -0.1) is 0 Å². The van der Waals surface area contributed by atoms with Crippen molar-refractivity contribution in [1.82, 2.24) is 0 Å². The van der Waals surface area contributed by atoms with Gasteiger partial charge in [0.15, 0.2) is 0 Å². The number of carbonyl (C=O) groups is 2. The zero-order valence-electron chi connectivity index (χ0n) is 8.79. The lowest BCUT2D eigenvalue weighted by Gasteiger charge is -2.30. The molecular formula is C11H8F2O4. The first-order chi connectivity index (χ1) is 7.85. The second-order valence-electron chi connectivity index (χ2n) is 3.99. The van der Waals surface area contributed by atoms with Crippen LogP contribution in [0, 0.1) is 11.6 Å². The first kappa shape index (κ1) is 11.5. The molecule has 0 fully saturated rings. The van der Waals surface area contributed by atoms with E-state index in [0.29, 0.717) is 0 Å². The Morgan fingerprint density at radius 2 is 2.00 bits per heavy atom. The predicted octanol–water partition coefficient (Wildman–Crippen LogP) is 1.52. The Bertz CT molecular complexity index is 526. The normalized spacial score (nSPS) is 22.9. The van der Waals surface area contributed by atoms with Crippen LogP contribution in [0.25, 0.3) is 0 Å². The molecule has 0 spiro atoms. The molecule has 1 aromatic rings. The quantitative estimate of drug-likeness (QED) is 0.758. The predicted molar refractivity (Wildman–Crippen MR) is 51.5 cm³/mol. The maximum atomic E-state index is 13.5. The molecule has 0 radical (unpaired) electrons. The van der Waals surface area contributed by atoms with Gasteiger partial charge in [0.05, 0.1) is 0 Å². The number of rotatable bonds is 1. The molecule has 0 saturated heterocycles. The van der Waals surface area contributed by atoms with Crippen LogP contribution in [0.5, 0.6) is 0 Å². The van der Waals surface area contributed by atoms with Crippen LogP contribution in [0.3, 0.4) is 0 Å². The molecule has 0 bridgehead atoms. The average molecular weight is 242 g/mol. The maximum absolute atomic E-state index is 13.5. The molecule has 0 aromatic heterocycles. The van der Waals surface area contributed by atoms with Gasteiger partial charge < -0.3 is 9.84 Å². The largest absolute Gasteiger partial charge is 0.478 e. The Balaban J connectivity index is 2.61. The van der Waals surface area contributed by atoms with E-state index in [0.717, 1.165) is 19.1 Å². The third-order valence-corrected chi connectivity index (χ3v) is 2.69.